The minimum Gasteiger partial charge on any atom is -0.508 e. The SMILES string of the molecule is COCc1ccc(CON)cc1O. The number of ether oxygens (including phenoxy) is 1. The van der Waals surface area contributed by atoms with Gasteiger partial charge in [0.2, 0.25) is 0 Å². The van der Waals surface area contributed by atoms with Gasteiger partial charge >= 0.3 is 0 Å². The van der Waals surface area contributed by atoms with Crippen LogP contribution in [-0.2, 0) is 22.8 Å². The van der Waals surface area contributed by atoms with E-state index >= 15 is 0 Å². The second-order valence-electron chi connectivity index (χ2n) is 2.71. The molecule has 0 unspecified atom stereocenters. The van der Waals surface area contributed by atoms with Crippen LogP contribution in [0.4, 0.5) is 0 Å². The predicted octanol–water partition coefficient (Wildman–Crippen LogP) is 0.929. The molecule has 1 aromatic carbocycles. The summed E-state index contributed by atoms with van der Waals surface area (Å²) in [6, 6.07) is 5.23. The molecule has 0 aliphatic carbocycles. The molecule has 72 valence electrons. The molecule has 0 atom stereocenters. The van der Waals surface area contributed by atoms with Gasteiger partial charge in [0.15, 0.2) is 0 Å². The Labute approximate surface area is 76.8 Å². The van der Waals surface area contributed by atoms with Gasteiger partial charge in [0.05, 0.1) is 13.2 Å². The van der Waals surface area contributed by atoms with Gasteiger partial charge < -0.3 is 9.84 Å². The molecular weight excluding hydrogens is 170 g/mol. The van der Waals surface area contributed by atoms with Gasteiger partial charge in [-0.05, 0) is 11.6 Å². The maximum Gasteiger partial charge on any atom is 0.121 e. The summed E-state index contributed by atoms with van der Waals surface area (Å²) in [4.78, 5) is 4.44. The van der Waals surface area contributed by atoms with Gasteiger partial charge in [-0.2, -0.15) is 0 Å². The van der Waals surface area contributed by atoms with Crippen LogP contribution in [0.5, 0.6) is 5.75 Å². The maximum absolute atomic E-state index is 9.47. The first kappa shape index (κ1) is 9.98. The van der Waals surface area contributed by atoms with E-state index in [1.807, 2.05) is 6.07 Å². The Balaban J connectivity index is 2.79. The first-order valence-corrected chi connectivity index (χ1v) is 3.89. The summed E-state index contributed by atoms with van der Waals surface area (Å²) in [5.41, 5.74) is 1.59. The third kappa shape index (κ3) is 2.69. The summed E-state index contributed by atoms with van der Waals surface area (Å²) in [5.74, 6) is 5.11. The Hall–Kier alpha value is -1.10. The molecule has 0 bridgehead atoms. The summed E-state index contributed by atoms with van der Waals surface area (Å²) < 4.78 is 4.89. The average Bonchev–Trinajstić information content (AvgIpc) is 2.10. The average molecular weight is 183 g/mol. The molecule has 0 radical (unpaired) electrons. The van der Waals surface area contributed by atoms with E-state index in [1.165, 1.54) is 0 Å². The van der Waals surface area contributed by atoms with Crippen LogP contribution in [0.3, 0.4) is 0 Å². The second kappa shape index (κ2) is 4.81. The van der Waals surface area contributed by atoms with Crippen molar-refractivity contribution in [2.45, 2.75) is 13.2 Å². The van der Waals surface area contributed by atoms with Crippen LogP contribution in [0, 0.1) is 0 Å². The van der Waals surface area contributed by atoms with Crippen LogP contribution < -0.4 is 5.90 Å². The molecule has 0 fully saturated rings. The molecule has 13 heavy (non-hydrogen) atoms. The van der Waals surface area contributed by atoms with Crippen molar-refractivity contribution in [3.05, 3.63) is 29.3 Å². The van der Waals surface area contributed by atoms with E-state index < -0.39 is 0 Å². The van der Waals surface area contributed by atoms with Crippen LogP contribution in [-0.4, -0.2) is 12.2 Å². The molecular formula is C9H13NO3. The van der Waals surface area contributed by atoms with Gasteiger partial charge in [0.1, 0.15) is 5.75 Å². The fraction of sp³-hybridized carbons (Fsp3) is 0.333. The fourth-order valence-corrected chi connectivity index (χ4v) is 1.07. The first-order chi connectivity index (χ1) is 6.27. The minimum atomic E-state index is 0.205. The molecule has 4 heteroatoms. The van der Waals surface area contributed by atoms with Crippen molar-refractivity contribution >= 4 is 0 Å². The summed E-state index contributed by atoms with van der Waals surface area (Å²) >= 11 is 0. The number of benzene rings is 1. The zero-order chi connectivity index (χ0) is 9.68. The molecule has 4 nitrogen and oxygen atoms in total. The van der Waals surface area contributed by atoms with Gasteiger partial charge in [-0.15, -0.1) is 0 Å². The predicted molar refractivity (Wildman–Crippen MR) is 47.8 cm³/mol. The second-order valence-corrected chi connectivity index (χ2v) is 2.71. The molecule has 0 spiro atoms. The lowest BCUT2D eigenvalue weighted by molar-refractivity contribution is 0.124. The van der Waals surface area contributed by atoms with Crippen molar-refractivity contribution in [3.63, 3.8) is 0 Å². The van der Waals surface area contributed by atoms with Crippen molar-refractivity contribution in [3.8, 4) is 5.75 Å². The Morgan fingerprint density at radius 2 is 2.15 bits per heavy atom. The van der Waals surface area contributed by atoms with Crippen LogP contribution in [0.25, 0.3) is 0 Å². The highest BCUT2D eigenvalue weighted by Gasteiger charge is 2.01. The topological polar surface area (TPSA) is 64.7 Å². The molecule has 0 heterocycles. The summed E-state index contributed by atoms with van der Waals surface area (Å²) in [7, 11) is 1.58. The number of nitrogens with two attached hydrogens (primary N) is 1. The van der Waals surface area contributed by atoms with E-state index in [2.05, 4.69) is 4.84 Å². The Morgan fingerprint density at radius 3 is 2.69 bits per heavy atom. The van der Waals surface area contributed by atoms with E-state index in [9.17, 15) is 5.11 Å². The summed E-state index contributed by atoms with van der Waals surface area (Å²) in [6.07, 6.45) is 0. The van der Waals surface area contributed by atoms with Crippen LogP contribution >= 0.6 is 0 Å². The lowest BCUT2D eigenvalue weighted by Gasteiger charge is -2.05. The highest BCUT2D eigenvalue weighted by atomic mass is 16.6. The van der Waals surface area contributed by atoms with Crippen LogP contribution in [0.2, 0.25) is 0 Å². The number of aromatic hydroxyl groups is 1. The molecule has 0 saturated carbocycles. The number of hydrogen-bond donors (Lipinski definition) is 2. The minimum absolute atomic E-state index is 0.205. The highest BCUT2D eigenvalue weighted by molar-refractivity contribution is 5.35. The van der Waals surface area contributed by atoms with Gasteiger partial charge in [-0.3, -0.25) is 4.84 Å². The number of phenolic OH excluding ortho intramolecular Hbond substituents is 1. The smallest absolute Gasteiger partial charge is 0.121 e. The van der Waals surface area contributed by atoms with E-state index in [-0.39, 0.29) is 5.75 Å². The molecule has 1 rings (SSSR count). The van der Waals surface area contributed by atoms with Gasteiger partial charge in [0, 0.05) is 12.7 Å². The van der Waals surface area contributed by atoms with E-state index in [0.29, 0.717) is 13.2 Å². The van der Waals surface area contributed by atoms with Crippen molar-refractivity contribution < 1.29 is 14.7 Å². The Kier molecular flexibility index (Phi) is 3.70. The lowest BCUT2D eigenvalue weighted by Crippen LogP contribution is -1.99. The quantitative estimate of drug-likeness (QED) is 0.681. The van der Waals surface area contributed by atoms with E-state index in [4.69, 9.17) is 10.6 Å². The molecule has 0 aliphatic heterocycles. The van der Waals surface area contributed by atoms with Crippen LogP contribution in [0.1, 0.15) is 11.1 Å². The third-order valence-electron chi connectivity index (χ3n) is 1.70. The van der Waals surface area contributed by atoms with Crippen molar-refractivity contribution in [2.24, 2.45) is 5.90 Å². The zero-order valence-corrected chi connectivity index (χ0v) is 7.49. The van der Waals surface area contributed by atoms with Crippen molar-refractivity contribution in [2.75, 3.05) is 7.11 Å². The van der Waals surface area contributed by atoms with Gasteiger partial charge in [-0.1, -0.05) is 12.1 Å². The summed E-state index contributed by atoms with van der Waals surface area (Å²) in [5, 5.41) is 9.47. The van der Waals surface area contributed by atoms with E-state index in [1.54, 1.807) is 19.2 Å². The molecule has 0 aromatic heterocycles. The Bertz CT molecular complexity index is 276. The summed E-state index contributed by atoms with van der Waals surface area (Å²) in [6.45, 7) is 0.691. The number of methoxy groups -OCH3 is 1. The van der Waals surface area contributed by atoms with Crippen molar-refractivity contribution in [1.82, 2.24) is 0 Å². The zero-order valence-electron chi connectivity index (χ0n) is 7.49. The standard InChI is InChI=1S/C9H13NO3/c1-12-6-8-3-2-7(5-13-10)4-9(8)11/h2-4,11H,5-6,10H2,1H3. The third-order valence-corrected chi connectivity index (χ3v) is 1.70. The Morgan fingerprint density at radius 1 is 1.38 bits per heavy atom. The number of hydrogen-bond acceptors (Lipinski definition) is 4. The largest absolute Gasteiger partial charge is 0.508 e. The molecule has 0 saturated heterocycles. The highest BCUT2D eigenvalue weighted by Crippen LogP contribution is 2.19. The monoisotopic (exact) mass is 183 g/mol. The normalized spacial score (nSPS) is 10.3. The first-order valence-electron chi connectivity index (χ1n) is 3.89. The van der Waals surface area contributed by atoms with E-state index in [0.717, 1.165) is 11.1 Å². The lowest BCUT2D eigenvalue weighted by atomic mass is 10.1. The maximum atomic E-state index is 9.47. The number of rotatable bonds is 4. The molecule has 1 aromatic rings. The molecule has 3 N–H and O–H groups in total. The van der Waals surface area contributed by atoms with Crippen LogP contribution in [0.15, 0.2) is 18.2 Å². The molecule has 0 aliphatic rings. The van der Waals surface area contributed by atoms with Gasteiger partial charge in [0.25, 0.3) is 0 Å². The van der Waals surface area contributed by atoms with Crippen molar-refractivity contribution in [1.29, 1.82) is 0 Å². The fourth-order valence-electron chi connectivity index (χ4n) is 1.07. The number of phenols is 1. The molecule has 0 amide bonds. The van der Waals surface area contributed by atoms with Gasteiger partial charge in [-0.25, -0.2) is 5.90 Å².